The first-order valence-electron chi connectivity index (χ1n) is 6.38. The van der Waals surface area contributed by atoms with E-state index in [0.717, 1.165) is 10.0 Å². The minimum atomic E-state index is -0.300. The van der Waals surface area contributed by atoms with Crippen LogP contribution in [0.1, 0.15) is 26.3 Å². The molecule has 0 radical (unpaired) electrons. The van der Waals surface area contributed by atoms with Crippen molar-refractivity contribution in [2.75, 3.05) is 12.0 Å². The largest absolute Gasteiger partial charge is 0.380 e. The maximum atomic E-state index is 12.5. The van der Waals surface area contributed by atoms with Crippen molar-refractivity contribution in [3.8, 4) is 0 Å². The van der Waals surface area contributed by atoms with Crippen LogP contribution in [0.25, 0.3) is 0 Å². The molecule has 2 amide bonds. The van der Waals surface area contributed by atoms with E-state index in [4.69, 9.17) is 4.74 Å². The Balaban J connectivity index is 2.13. The van der Waals surface area contributed by atoms with E-state index in [1.54, 1.807) is 37.4 Å². The zero-order valence-corrected chi connectivity index (χ0v) is 12.9. The van der Waals surface area contributed by atoms with E-state index < -0.39 is 0 Å². The van der Waals surface area contributed by atoms with E-state index in [1.807, 2.05) is 12.1 Å². The molecule has 0 aliphatic carbocycles. The Morgan fingerprint density at radius 1 is 1.05 bits per heavy atom. The molecule has 0 aromatic heterocycles. The minimum Gasteiger partial charge on any atom is -0.380 e. The summed E-state index contributed by atoms with van der Waals surface area (Å²) in [5.74, 6) is -0.600. The molecule has 0 N–H and O–H groups in total. The van der Waals surface area contributed by atoms with Gasteiger partial charge in [0, 0.05) is 17.1 Å². The molecule has 1 aliphatic heterocycles. The maximum Gasteiger partial charge on any atom is 0.266 e. The predicted octanol–water partition coefficient (Wildman–Crippen LogP) is 3.40. The van der Waals surface area contributed by atoms with Crippen LogP contribution in [0.5, 0.6) is 0 Å². The van der Waals surface area contributed by atoms with Crippen LogP contribution in [0, 0.1) is 0 Å². The summed E-state index contributed by atoms with van der Waals surface area (Å²) in [5, 5.41) is 0. The first kappa shape index (κ1) is 14.0. The fourth-order valence-corrected chi connectivity index (χ4v) is 2.78. The van der Waals surface area contributed by atoms with E-state index in [1.165, 1.54) is 4.90 Å². The van der Waals surface area contributed by atoms with E-state index in [2.05, 4.69) is 15.9 Å². The Morgan fingerprint density at radius 3 is 2.24 bits per heavy atom. The second-order valence-electron chi connectivity index (χ2n) is 4.70. The highest BCUT2D eigenvalue weighted by molar-refractivity contribution is 9.10. The number of anilines is 1. The quantitative estimate of drug-likeness (QED) is 0.801. The molecule has 0 bridgehead atoms. The third kappa shape index (κ3) is 2.28. The number of methoxy groups -OCH3 is 1. The van der Waals surface area contributed by atoms with Crippen molar-refractivity contribution in [2.24, 2.45) is 0 Å². The number of ether oxygens (including phenoxy) is 1. The normalized spacial score (nSPS) is 13.7. The van der Waals surface area contributed by atoms with E-state index in [-0.39, 0.29) is 11.8 Å². The second kappa shape index (κ2) is 5.42. The lowest BCUT2D eigenvalue weighted by molar-refractivity contribution is 0.0925. The number of carbonyl (C=O) groups is 2. The van der Waals surface area contributed by atoms with Crippen molar-refractivity contribution >= 4 is 33.4 Å². The monoisotopic (exact) mass is 345 g/mol. The van der Waals surface area contributed by atoms with Crippen LogP contribution in [0.3, 0.4) is 0 Å². The number of benzene rings is 2. The lowest BCUT2D eigenvalue weighted by atomic mass is 10.1. The van der Waals surface area contributed by atoms with E-state index in [0.29, 0.717) is 23.4 Å². The highest BCUT2D eigenvalue weighted by Gasteiger charge is 2.37. The van der Waals surface area contributed by atoms with Gasteiger partial charge in [0.15, 0.2) is 0 Å². The molecule has 1 heterocycles. The number of hydrogen-bond acceptors (Lipinski definition) is 3. The predicted molar refractivity (Wildman–Crippen MR) is 82.4 cm³/mol. The van der Waals surface area contributed by atoms with Gasteiger partial charge in [0.2, 0.25) is 0 Å². The third-order valence-corrected chi connectivity index (χ3v) is 3.88. The van der Waals surface area contributed by atoms with Crippen molar-refractivity contribution in [1.82, 2.24) is 0 Å². The van der Waals surface area contributed by atoms with Crippen molar-refractivity contribution < 1.29 is 14.3 Å². The average Bonchev–Trinajstić information content (AvgIpc) is 2.74. The van der Waals surface area contributed by atoms with Gasteiger partial charge in [-0.2, -0.15) is 0 Å². The van der Waals surface area contributed by atoms with Gasteiger partial charge >= 0.3 is 0 Å². The van der Waals surface area contributed by atoms with Crippen molar-refractivity contribution in [1.29, 1.82) is 0 Å². The number of rotatable bonds is 3. The molecule has 1 aliphatic rings. The topological polar surface area (TPSA) is 46.6 Å². The number of fused-ring (bicyclic) bond motifs is 1. The Morgan fingerprint density at radius 2 is 1.67 bits per heavy atom. The Kier molecular flexibility index (Phi) is 3.61. The molecule has 0 atom stereocenters. The highest BCUT2D eigenvalue weighted by Crippen LogP contribution is 2.32. The average molecular weight is 346 g/mol. The second-order valence-corrected chi connectivity index (χ2v) is 5.61. The molecule has 0 spiro atoms. The summed E-state index contributed by atoms with van der Waals surface area (Å²) in [7, 11) is 1.58. The van der Waals surface area contributed by atoms with Crippen LogP contribution in [0.2, 0.25) is 0 Å². The standard InChI is InChI=1S/C16H12BrNO3/c1-21-9-10-6-7-11(17)8-14(10)18-15(19)12-4-2-3-5-13(12)16(18)20/h2-8H,9H2,1H3. The Bertz CT molecular complexity index is 707. The molecule has 4 nitrogen and oxygen atoms in total. The summed E-state index contributed by atoms with van der Waals surface area (Å²) >= 11 is 3.38. The minimum absolute atomic E-state index is 0.300. The van der Waals surface area contributed by atoms with Gasteiger partial charge in [-0.1, -0.05) is 34.1 Å². The SMILES string of the molecule is COCc1ccc(Br)cc1N1C(=O)c2ccccc2C1=O. The number of carbonyl (C=O) groups excluding carboxylic acids is 2. The van der Waals surface area contributed by atoms with Gasteiger partial charge in [0.1, 0.15) is 0 Å². The van der Waals surface area contributed by atoms with Gasteiger partial charge in [0.05, 0.1) is 23.4 Å². The summed E-state index contributed by atoms with van der Waals surface area (Å²) in [6.07, 6.45) is 0. The van der Waals surface area contributed by atoms with Gasteiger partial charge < -0.3 is 4.74 Å². The smallest absolute Gasteiger partial charge is 0.266 e. The molecule has 0 unspecified atom stereocenters. The van der Waals surface area contributed by atoms with Crippen LogP contribution in [0.4, 0.5) is 5.69 Å². The van der Waals surface area contributed by atoms with Crippen LogP contribution in [0.15, 0.2) is 46.9 Å². The molecule has 0 saturated heterocycles. The van der Waals surface area contributed by atoms with Crippen LogP contribution in [-0.2, 0) is 11.3 Å². The molecule has 106 valence electrons. The first-order valence-corrected chi connectivity index (χ1v) is 7.18. The highest BCUT2D eigenvalue weighted by atomic mass is 79.9. The number of halogens is 1. The van der Waals surface area contributed by atoms with Crippen molar-refractivity contribution in [3.63, 3.8) is 0 Å². The number of hydrogen-bond donors (Lipinski definition) is 0. The lowest BCUT2D eigenvalue weighted by Crippen LogP contribution is -2.30. The Labute approximate surface area is 130 Å². The Hall–Kier alpha value is -1.98. The maximum absolute atomic E-state index is 12.5. The van der Waals surface area contributed by atoms with Crippen molar-refractivity contribution in [3.05, 3.63) is 63.6 Å². The van der Waals surface area contributed by atoms with Crippen LogP contribution >= 0.6 is 15.9 Å². The van der Waals surface area contributed by atoms with Gasteiger partial charge in [-0.25, -0.2) is 4.90 Å². The number of nitrogens with zero attached hydrogens (tertiary/aromatic N) is 1. The van der Waals surface area contributed by atoms with E-state index in [9.17, 15) is 9.59 Å². The molecular weight excluding hydrogens is 334 g/mol. The molecule has 2 aromatic carbocycles. The van der Waals surface area contributed by atoms with Gasteiger partial charge in [-0.15, -0.1) is 0 Å². The van der Waals surface area contributed by atoms with Crippen LogP contribution in [-0.4, -0.2) is 18.9 Å². The van der Waals surface area contributed by atoms with Crippen molar-refractivity contribution in [2.45, 2.75) is 6.61 Å². The molecule has 5 heteroatoms. The fraction of sp³-hybridized carbons (Fsp3) is 0.125. The first-order chi connectivity index (χ1) is 10.1. The summed E-state index contributed by atoms with van der Waals surface area (Å²) < 4.78 is 5.95. The molecule has 3 rings (SSSR count). The van der Waals surface area contributed by atoms with Gasteiger partial charge in [-0.3, -0.25) is 9.59 Å². The zero-order chi connectivity index (χ0) is 15.0. The lowest BCUT2D eigenvalue weighted by Gasteiger charge is -2.18. The summed E-state index contributed by atoms with van der Waals surface area (Å²) in [5.41, 5.74) is 2.21. The zero-order valence-electron chi connectivity index (χ0n) is 11.3. The number of amides is 2. The molecule has 0 saturated carbocycles. The fourth-order valence-electron chi connectivity index (χ4n) is 2.43. The summed E-state index contributed by atoms with van der Waals surface area (Å²) in [4.78, 5) is 26.3. The van der Waals surface area contributed by atoms with Gasteiger partial charge in [-0.05, 0) is 24.3 Å². The molecule has 21 heavy (non-hydrogen) atoms. The van der Waals surface area contributed by atoms with Gasteiger partial charge in [0.25, 0.3) is 11.8 Å². The third-order valence-electron chi connectivity index (χ3n) is 3.38. The van der Waals surface area contributed by atoms with Crippen LogP contribution < -0.4 is 4.90 Å². The van der Waals surface area contributed by atoms with E-state index >= 15 is 0 Å². The molecular formula is C16H12BrNO3. The summed E-state index contributed by atoms with van der Waals surface area (Å²) in [6.45, 7) is 0.329. The molecule has 0 fully saturated rings. The summed E-state index contributed by atoms with van der Waals surface area (Å²) in [6, 6.07) is 12.3. The molecule has 2 aromatic rings. The number of imide groups is 1.